The molecule has 0 saturated heterocycles. The van der Waals surface area contributed by atoms with Crippen molar-refractivity contribution in [3.8, 4) is 0 Å². The van der Waals surface area contributed by atoms with E-state index in [2.05, 4.69) is 15.9 Å². The number of hydrogen-bond donors (Lipinski definition) is 2. The summed E-state index contributed by atoms with van der Waals surface area (Å²) in [6.45, 7) is -0.255. The molecule has 0 unspecified atom stereocenters. The van der Waals surface area contributed by atoms with Crippen LogP contribution < -0.4 is 0 Å². The summed E-state index contributed by atoms with van der Waals surface area (Å²) in [4.78, 5) is 10.6. The van der Waals surface area contributed by atoms with Crippen molar-refractivity contribution in [2.45, 2.75) is 6.61 Å². The Balaban J connectivity index is 0.00000144. The van der Waals surface area contributed by atoms with E-state index in [-0.39, 0.29) is 41.7 Å². The van der Waals surface area contributed by atoms with Gasteiger partial charge in [-0.1, -0.05) is 22.0 Å². The van der Waals surface area contributed by atoms with Crippen molar-refractivity contribution in [1.82, 2.24) is 0 Å². The third-order valence-corrected chi connectivity index (χ3v) is 1.97. The Bertz CT molecular complexity index is 314. The summed E-state index contributed by atoms with van der Waals surface area (Å²) in [5.41, 5.74) is 0.553. The van der Waals surface area contributed by atoms with Crippen LogP contribution in [0.2, 0.25) is 0 Å². The Morgan fingerprint density at radius 1 is 1.46 bits per heavy atom. The van der Waals surface area contributed by atoms with Crippen molar-refractivity contribution in [3.05, 3.63) is 33.8 Å². The van der Waals surface area contributed by atoms with Crippen LogP contribution in [0.15, 0.2) is 22.7 Å². The van der Waals surface area contributed by atoms with Gasteiger partial charge in [-0.3, -0.25) is 0 Å². The molecule has 66 valence electrons. The average molecular weight is 255 g/mol. The van der Waals surface area contributed by atoms with Crippen molar-refractivity contribution in [1.29, 1.82) is 0 Å². The van der Waals surface area contributed by atoms with Crippen LogP contribution in [0.4, 0.5) is 0 Å². The Hall–Kier alpha value is 0.130. The number of aliphatic hydroxyl groups excluding tert-OH is 1. The predicted octanol–water partition coefficient (Wildman–Crippen LogP) is 0.991. The van der Waals surface area contributed by atoms with Gasteiger partial charge in [0.2, 0.25) is 0 Å². The first-order chi connectivity index (χ1) is 5.65. The van der Waals surface area contributed by atoms with E-state index < -0.39 is 5.97 Å². The van der Waals surface area contributed by atoms with Crippen molar-refractivity contribution in [2.24, 2.45) is 0 Å². The first-order valence-corrected chi connectivity index (χ1v) is 4.07. The van der Waals surface area contributed by atoms with Crippen LogP contribution in [0.5, 0.6) is 0 Å². The minimum absolute atomic E-state index is 0. The van der Waals surface area contributed by atoms with Crippen LogP contribution in [0.25, 0.3) is 0 Å². The van der Waals surface area contributed by atoms with Gasteiger partial charge in [0.1, 0.15) is 0 Å². The van der Waals surface area contributed by atoms with Gasteiger partial charge in [0.05, 0.1) is 12.2 Å². The molecule has 1 rings (SSSR count). The van der Waals surface area contributed by atoms with Gasteiger partial charge in [-0.25, -0.2) is 4.79 Å². The molecule has 5 heteroatoms. The zero-order valence-electron chi connectivity index (χ0n) is 6.12. The van der Waals surface area contributed by atoms with E-state index in [1.54, 1.807) is 12.1 Å². The first kappa shape index (κ1) is 13.1. The van der Waals surface area contributed by atoms with Crippen LogP contribution in [-0.2, 0) is 6.61 Å². The molecule has 0 amide bonds. The Morgan fingerprint density at radius 2 is 2.08 bits per heavy atom. The fraction of sp³-hybridized carbons (Fsp3) is 0.125. The molecule has 0 aromatic heterocycles. The van der Waals surface area contributed by atoms with Crippen LogP contribution in [0, 0.1) is 0 Å². The van der Waals surface area contributed by atoms with Gasteiger partial charge in [0, 0.05) is 4.47 Å². The van der Waals surface area contributed by atoms with E-state index in [1.165, 1.54) is 6.07 Å². The number of benzene rings is 1. The van der Waals surface area contributed by atoms with E-state index in [4.69, 9.17) is 10.2 Å². The molecule has 3 nitrogen and oxygen atoms in total. The molecule has 2 N–H and O–H groups in total. The second kappa shape index (κ2) is 5.78. The molecular formula is C8H8BrNaO3. The van der Waals surface area contributed by atoms with Crippen molar-refractivity contribution < 1.29 is 15.0 Å². The van der Waals surface area contributed by atoms with Gasteiger partial charge >= 0.3 is 35.5 Å². The third-order valence-electron chi connectivity index (χ3n) is 1.47. The van der Waals surface area contributed by atoms with Gasteiger partial charge in [0.25, 0.3) is 0 Å². The van der Waals surface area contributed by atoms with Crippen molar-refractivity contribution in [3.63, 3.8) is 0 Å². The quantitative estimate of drug-likeness (QED) is 0.775. The fourth-order valence-corrected chi connectivity index (χ4v) is 1.25. The SMILES string of the molecule is O=C(O)c1cc(Br)ccc1CO.[NaH]. The summed E-state index contributed by atoms with van der Waals surface area (Å²) in [6, 6.07) is 4.74. The molecule has 0 spiro atoms. The summed E-state index contributed by atoms with van der Waals surface area (Å²) in [6.07, 6.45) is 0. The molecule has 0 radical (unpaired) electrons. The second-order valence-corrected chi connectivity index (χ2v) is 3.18. The molecule has 0 saturated carbocycles. The van der Waals surface area contributed by atoms with E-state index in [9.17, 15) is 4.79 Å². The Morgan fingerprint density at radius 3 is 2.54 bits per heavy atom. The Kier molecular flexibility index (Phi) is 5.83. The van der Waals surface area contributed by atoms with Gasteiger partial charge < -0.3 is 10.2 Å². The normalized spacial score (nSPS) is 9.08. The van der Waals surface area contributed by atoms with Crippen LogP contribution in [0.3, 0.4) is 0 Å². The van der Waals surface area contributed by atoms with Crippen LogP contribution in [0.1, 0.15) is 15.9 Å². The van der Waals surface area contributed by atoms with Crippen LogP contribution in [-0.4, -0.2) is 45.7 Å². The molecule has 0 aliphatic rings. The van der Waals surface area contributed by atoms with Gasteiger partial charge in [-0.15, -0.1) is 0 Å². The first-order valence-electron chi connectivity index (χ1n) is 3.27. The predicted molar refractivity (Wildman–Crippen MR) is 54.2 cm³/mol. The maximum absolute atomic E-state index is 10.6. The minimum atomic E-state index is -1.03. The summed E-state index contributed by atoms with van der Waals surface area (Å²) >= 11 is 3.15. The monoisotopic (exact) mass is 254 g/mol. The summed E-state index contributed by atoms with van der Waals surface area (Å²) in [5, 5.41) is 17.5. The molecule has 0 aliphatic carbocycles. The number of carboxylic acid groups (broad SMARTS) is 1. The average Bonchev–Trinajstić information content (AvgIpc) is 2.04. The van der Waals surface area contributed by atoms with E-state index in [0.717, 1.165) is 0 Å². The van der Waals surface area contributed by atoms with E-state index in [1.807, 2.05) is 0 Å². The zero-order valence-corrected chi connectivity index (χ0v) is 7.71. The third kappa shape index (κ3) is 3.40. The number of halogens is 1. The topological polar surface area (TPSA) is 57.5 Å². The zero-order chi connectivity index (χ0) is 9.14. The van der Waals surface area contributed by atoms with Crippen molar-refractivity contribution in [2.75, 3.05) is 0 Å². The standard InChI is InChI=1S/C8H7BrO3.Na.H/c9-6-2-1-5(4-10)7(3-6)8(11)12;;/h1-3,10H,4H2,(H,11,12);;. The number of carbonyl (C=O) groups is 1. The van der Waals surface area contributed by atoms with Gasteiger partial charge in [0.15, 0.2) is 0 Å². The maximum atomic E-state index is 10.6. The molecule has 1 aromatic carbocycles. The molecule has 0 atom stereocenters. The van der Waals surface area contributed by atoms with Crippen LogP contribution >= 0.6 is 15.9 Å². The molecule has 13 heavy (non-hydrogen) atoms. The molecule has 0 aliphatic heterocycles. The van der Waals surface area contributed by atoms with Gasteiger partial charge in [-0.2, -0.15) is 0 Å². The van der Waals surface area contributed by atoms with Gasteiger partial charge in [-0.05, 0) is 17.7 Å². The molecule has 0 heterocycles. The number of aliphatic hydroxyl groups is 1. The van der Waals surface area contributed by atoms with E-state index >= 15 is 0 Å². The molecule has 0 bridgehead atoms. The molecular weight excluding hydrogens is 247 g/mol. The molecule has 1 aromatic rings. The van der Waals surface area contributed by atoms with E-state index in [0.29, 0.717) is 10.0 Å². The summed E-state index contributed by atoms with van der Waals surface area (Å²) < 4.78 is 0.692. The summed E-state index contributed by atoms with van der Waals surface area (Å²) in [7, 11) is 0. The molecule has 0 fully saturated rings. The summed E-state index contributed by atoms with van der Waals surface area (Å²) in [5.74, 6) is -1.03. The fourth-order valence-electron chi connectivity index (χ4n) is 0.886. The Labute approximate surface area is 106 Å². The second-order valence-electron chi connectivity index (χ2n) is 2.26. The van der Waals surface area contributed by atoms with Crippen molar-refractivity contribution >= 4 is 51.5 Å². The number of aromatic carboxylic acids is 1. The number of carboxylic acids is 1. The number of hydrogen-bond acceptors (Lipinski definition) is 2. The number of rotatable bonds is 2.